The van der Waals surface area contributed by atoms with Crippen LogP contribution in [0, 0.1) is 12.8 Å². The zero-order valence-corrected chi connectivity index (χ0v) is 24.2. The van der Waals surface area contributed by atoms with E-state index in [-0.39, 0.29) is 30.3 Å². The van der Waals surface area contributed by atoms with E-state index in [1.807, 2.05) is 43.9 Å². The van der Waals surface area contributed by atoms with Crippen LogP contribution < -0.4 is 16.0 Å². The molecule has 3 aliphatic rings. The number of pyridine rings is 2. The standard InChI is InChI=1S/C30H35ClN6O3/c1-6-19(34-28(38)20-8-7-10-33-18(20)3)14-37-16-30(4,5)40-15-25(37)29(39)36-23-12-22(31)17(2)26-21-9-11-32-13-24(21)35-27(23)26/h6-13,17,25-26,35H,14-16H2,1-5H3,(H,34,38)(H,36,39)/b19-6-. The molecule has 0 radical (unpaired) electrons. The van der Waals surface area contributed by atoms with Gasteiger partial charge in [-0.15, -0.1) is 0 Å². The summed E-state index contributed by atoms with van der Waals surface area (Å²) in [7, 11) is 0. The first-order valence-corrected chi connectivity index (χ1v) is 13.8. The van der Waals surface area contributed by atoms with Gasteiger partial charge < -0.3 is 20.7 Å². The average Bonchev–Trinajstić information content (AvgIpc) is 3.31. The second-order valence-electron chi connectivity index (χ2n) is 11.1. The lowest BCUT2D eigenvalue weighted by atomic mass is 9.83. The number of morpholine rings is 1. The number of amides is 2. The molecule has 1 saturated heterocycles. The Morgan fingerprint density at radius 2 is 2.10 bits per heavy atom. The van der Waals surface area contributed by atoms with Crippen LogP contribution in [0.2, 0.25) is 0 Å². The number of aromatic nitrogens is 2. The summed E-state index contributed by atoms with van der Waals surface area (Å²) in [6, 6.07) is 4.90. The van der Waals surface area contributed by atoms with Crippen LogP contribution in [0.15, 0.2) is 71.1 Å². The van der Waals surface area contributed by atoms with Crippen LogP contribution >= 0.6 is 11.6 Å². The van der Waals surface area contributed by atoms with Gasteiger partial charge in [0.2, 0.25) is 5.91 Å². The van der Waals surface area contributed by atoms with Crippen molar-refractivity contribution in [1.29, 1.82) is 0 Å². The number of carbonyl (C=O) groups excluding carboxylic acids is 2. The van der Waals surface area contributed by atoms with Crippen molar-refractivity contribution in [3.05, 3.63) is 87.9 Å². The SMILES string of the molecule is C/C=C(/CN1CC(C)(C)OCC1C(=O)NC1=C2Nc3cnccc3C2C(C)C(Cl)=C1)NC(=O)c1cccnc1C. The van der Waals surface area contributed by atoms with Crippen molar-refractivity contribution in [1.82, 2.24) is 25.5 Å². The number of allylic oxidation sites excluding steroid dienone is 4. The number of rotatable bonds is 6. The molecule has 9 nitrogen and oxygen atoms in total. The smallest absolute Gasteiger partial charge is 0.257 e. The number of anilines is 1. The Morgan fingerprint density at radius 1 is 1.30 bits per heavy atom. The first kappa shape index (κ1) is 28.0. The molecule has 1 fully saturated rings. The molecule has 10 heteroatoms. The predicted molar refractivity (Wildman–Crippen MR) is 154 cm³/mol. The Kier molecular flexibility index (Phi) is 7.81. The molecule has 1 aliphatic carbocycles. The molecule has 0 bridgehead atoms. The Hall–Kier alpha value is -3.53. The predicted octanol–water partition coefficient (Wildman–Crippen LogP) is 4.21. The fraction of sp³-hybridized carbons (Fsp3) is 0.400. The van der Waals surface area contributed by atoms with Crippen molar-refractivity contribution in [2.24, 2.45) is 5.92 Å². The third-order valence-electron chi connectivity index (χ3n) is 7.74. The number of carbonyl (C=O) groups is 2. The van der Waals surface area contributed by atoms with Crippen molar-refractivity contribution >= 4 is 29.1 Å². The van der Waals surface area contributed by atoms with Gasteiger partial charge in [0.1, 0.15) is 6.04 Å². The average molecular weight is 563 g/mol. The highest BCUT2D eigenvalue weighted by Crippen LogP contribution is 2.49. The van der Waals surface area contributed by atoms with Gasteiger partial charge in [-0.05, 0) is 57.5 Å². The van der Waals surface area contributed by atoms with E-state index in [2.05, 4.69) is 32.8 Å². The number of nitrogens with zero attached hydrogens (tertiary/aromatic N) is 3. The highest BCUT2D eigenvalue weighted by molar-refractivity contribution is 6.30. The van der Waals surface area contributed by atoms with E-state index < -0.39 is 11.6 Å². The van der Waals surface area contributed by atoms with E-state index in [1.165, 1.54) is 0 Å². The molecule has 2 aromatic heterocycles. The number of nitrogens with one attached hydrogen (secondary N) is 3. The highest BCUT2D eigenvalue weighted by Gasteiger charge is 2.41. The maximum Gasteiger partial charge on any atom is 0.257 e. The van der Waals surface area contributed by atoms with Gasteiger partial charge in [0.15, 0.2) is 0 Å². The normalized spacial score (nSPS) is 24.0. The van der Waals surface area contributed by atoms with Gasteiger partial charge in [-0.25, -0.2) is 0 Å². The van der Waals surface area contributed by atoms with Gasteiger partial charge in [0.25, 0.3) is 5.91 Å². The van der Waals surface area contributed by atoms with Gasteiger partial charge in [-0.3, -0.25) is 24.5 Å². The molecule has 4 heterocycles. The second-order valence-corrected chi connectivity index (χ2v) is 11.5. The van der Waals surface area contributed by atoms with Crippen LogP contribution in [-0.4, -0.2) is 58.0 Å². The molecule has 3 unspecified atom stereocenters. The molecule has 3 atom stereocenters. The summed E-state index contributed by atoms with van der Waals surface area (Å²) in [4.78, 5) is 37.3. The summed E-state index contributed by atoms with van der Waals surface area (Å²) in [6.45, 7) is 10.8. The van der Waals surface area contributed by atoms with Crippen LogP contribution in [0.25, 0.3) is 0 Å². The fourth-order valence-electron chi connectivity index (χ4n) is 5.56. The quantitative estimate of drug-likeness (QED) is 0.484. The minimum atomic E-state index is -0.580. The zero-order valence-electron chi connectivity index (χ0n) is 23.4. The lowest BCUT2D eigenvalue weighted by Crippen LogP contribution is -2.60. The van der Waals surface area contributed by atoms with Gasteiger partial charge in [0.05, 0.1) is 35.4 Å². The molecular weight excluding hydrogens is 528 g/mol. The summed E-state index contributed by atoms with van der Waals surface area (Å²) in [5.74, 6) is -0.368. The van der Waals surface area contributed by atoms with Crippen LogP contribution in [0.3, 0.4) is 0 Å². The molecule has 0 aromatic carbocycles. The zero-order chi connectivity index (χ0) is 28.6. The van der Waals surface area contributed by atoms with Crippen molar-refractivity contribution in [3.8, 4) is 0 Å². The first-order chi connectivity index (χ1) is 19.1. The number of hydrogen-bond acceptors (Lipinski definition) is 7. The van der Waals surface area contributed by atoms with E-state index in [0.717, 1.165) is 16.9 Å². The van der Waals surface area contributed by atoms with Gasteiger partial charge >= 0.3 is 0 Å². The van der Waals surface area contributed by atoms with Crippen molar-refractivity contribution < 1.29 is 14.3 Å². The largest absolute Gasteiger partial charge is 0.372 e. The number of aryl methyl sites for hydroxylation is 1. The van der Waals surface area contributed by atoms with Crippen LogP contribution in [-0.2, 0) is 9.53 Å². The van der Waals surface area contributed by atoms with E-state index >= 15 is 0 Å². The minimum absolute atomic E-state index is 0.00390. The van der Waals surface area contributed by atoms with Crippen molar-refractivity contribution in [3.63, 3.8) is 0 Å². The number of halogens is 1. The van der Waals surface area contributed by atoms with Crippen molar-refractivity contribution in [2.75, 3.05) is 25.0 Å². The summed E-state index contributed by atoms with van der Waals surface area (Å²) in [5.41, 5.74) is 4.98. The van der Waals surface area contributed by atoms with Crippen LogP contribution in [0.1, 0.15) is 55.2 Å². The lowest BCUT2D eigenvalue weighted by molar-refractivity contribution is -0.146. The molecule has 2 amide bonds. The van der Waals surface area contributed by atoms with Gasteiger partial charge in [-0.2, -0.15) is 0 Å². The fourth-order valence-corrected chi connectivity index (χ4v) is 5.80. The number of fused-ring (bicyclic) bond motifs is 3. The molecular formula is C30H35ClN6O3. The van der Waals surface area contributed by atoms with E-state index in [9.17, 15) is 9.59 Å². The Balaban J connectivity index is 1.36. The summed E-state index contributed by atoms with van der Waals surface area (Å²) < 4.78 is 6.08. The Morgan fingerprint density at radius 3 is 2.85 bits per heavy atom. The summed E-state index contributed by atoms with van der Waals surface area (Å²) in [6.07, 6.45) is 8.90. The van der Waals surface area contributed by atoms with Crippen LogP contribution in [0.4, 0.5) is 5.69 Å². The third kappa shape index (κ3) is 5.54. The lowest BCUT2D eigenvalue weighted by Gasteiger charge is -2.43. The van der Waals surface area contributed by atoms with Gasteiger partial charge in [0, 0.05) is 59.4 Å². The second kappa shape index (κ2) is 11.2. The molecule has 2 aliphatic heterocycles. The van der Waals surface area contributed by atoms with E-state index in [1.54, 1.807) is 37.6 Å². The maximum absolute atomic E-state index is 13.8. The minimum Gasteiger partial charge on any atom is -0.372 e. The Labute approximate surface area is 239 Å². The molecule has 0 saturated carbocycles. The topological polar surface area (TPSA) is 108 Å². The van der Waals surface area contributed by atoms with E-state index in [4.69, 9.17) is 16.3 Å². The van der Waals surface area contributed by atoms with Gasteiger partial charge in [-0.1, -0.05) is 24.6 Å². The van der Waals surface area contributed by atoms with E-state index in [0.29, 0.717) is 40.8 Å². The molecule has 5 rings (SSSR count). The monoisotopic (exact) mass is 562 g/mol. The highest BCUT2D eigenvalue weighted by atomic mass is 35.5. The summed E-state index contributed by atoms with van der Waals surface area (Å²) >= 11 is 6.67. The molecule has 0 spiro atoms. The first-order valence-electron chi connectivity index (χ1n) is 13.5. The molecule has 3 N–H and O–H groups in total. The van der Waals surface area contributed by atoms with Crippen molar-refractivity contribution in [2.45, 2.75) is 52.2 Å². The number of ether oxygens (including phenoxy) is 1. The maximum atomic E-state index is 13.8. The van der Waals surface area contributed by atoms with Crippen LogP contribution in [0.5, 0.6) is 0 Å². The third-order valence-corrected chi connectivity index (χ3v) is 8.20. The molecule has 2 aromatic rings. The summed E-state index contributed by atoms with van der Waals surface area (Å²) in [5, 5.41) is 10.3. The molecule has 210 valence electrons. The number of hydrogen-bond donors (Lipinski definition) is 3. The Bertz CT molecular complexity index is 1430. The molecule has 40 heavy (non-hydrogen) atoms.